The van der Waals surface area contributed by atoms with E-state index in [4.69, 9.17) is 4.74 Å². The van der Waals surface area contributed by atoms with Gasteiger partial charge in [0.15, 0.2) is 6.04 Å². The molecule has 3 aliphatic rings. The van der Waals surface area contributed by atoms with Crippen molar-refractivity contribution >= 4 is 11.8 Å². The molecule has 6 nitrogen and oxygen atoms in total. The number of quaternary nitrogens is 1. The lowest BCUT2D eigenvalue weighted by Crippen LogP contribution is -2.93. The van der Waals surface area contributed by atoms with Crippen molar-refractivity contribution in [3.8, 4) is 0 Å². The minimum absolute atomic E-state index is 0.0233. The highest BCUT2D eigenvalue weighted by molar-refractivity contribution is 5.81. The van der Waals surface area contributed by atoms with Gasteiger partial charge in [0.25, 0.3) is 5.91 Å². The average molecular weight is 401 g/mol. The monoisotopic (exact) mass is 400 g/mol. The lowest BCUT2D eigenvalue weighted by Gasteiger charge is -2.29. The van der Waals surface area contributed by atoms with Crippen molar-refractivity contribution in [1.82, 2.24) is 10.6 Å². The largest absolute Gasteiger partial charge is 0.376 e. The van der Waals surface area contributed by atoms with Gasteiger partial charge in [-0.25, -0.2) is 0 Å². The number of amides is 2. The van der Waals surface area contributed by atoms with Crippen LogP contribution in [0.4, 0.5) is 0 Å². The van der Waals surface area contributed by atoms with Crippen LogP contribution in [0.5, 0.6) is 0 Å². The van der Waals surface area contributed by atoms with Gasteiger partial charge in [0.2, 0.25) is 5.91 Å². The Morgan fingerprint density at radius 3 is 2.48 bits per heavy atom. The van der Waals surface area contributed by atoms with Crippen LogP contribution in [-0.2, 0) is 27.3 Å². The first-order valence-corrected chi connectivity index (χ1v) is 11.3. The number of hydrogen-bond donors (Lipinski definition) is 3. The summed E-state index contributed by atoms with van der Waals surface area (Å²) in [5, 5.41) is 8.39. The zero-order valence-corrected chi connectivity index (χ0v) is 17.2. The molecular formula is C23H34N3O3+. The van der Waals surface area contributed by atoms with Gasteiger partial charge in [0.1, 0.15) is 6.54 Å². The number of nitrogens with two attached hydrogens (primary N) is 1. The Kier molecular flexibility index (Phi) is 6.82. The lowest BCUT2D eigenvalue weighted by atomic mass is 9.81. The van der Waals surface area contributed by atoms with Crippen molar-refractivity contribution in [3.63, 3.8) is 0 Å². The summed E-state index contributed by atoms with van der Waals surface area (Å²) in [4.78, 5) is 25.0. The SMILES string of the molecule is O=C(NC[C@H]1CCCO1)C1CCC(CNC(=O)[C@@H]2Cc3ccccc3C[NH2+]2)CC1. The second-order valence-corrected chi connectivity index (χ2v) is 8.86. The van der Waals surface area contributed by atoms with E-state index in [2.05, 4.69) is 40.2 Å². The van der Waals surface area contributed by atoms with E-state index in [1.165, 1.54) is 11.1 Å². The van der Waals surface area contributed by atoms with Gasteiger partial charge in [0.05, 0.1) is 6.10 Å². The average Bonchev–Trinajstić information content (AvgIpc) is 3.29. The van der Waals surface area contributed by atoms with Gasteiger partial charge in [-0.1, -0.05) is 24.3 Å². The van der Waals surface area contributed by atoms with E-state index < -0.39 is 0 Å². The fourth-order valence-electron chi connectivity index (χ4n) is 4.91. The molecule has 1 aliphatic carbocycles. The van der Waals surface area contributed by atoms with Gasteiger partial charge in [-0.15, -0.1) is 0 Å². The molecule has 0 spiro atoms. The van der Waals surface area contributed by atoms with Gasteiger partial charge >= 0.3 is 0 Å². The molecule has 2 fully saturated rings. The van der Waals surface area contributed by atoms with E-state index in [0.29, 0.717) is 12.5 Å². The minimum atomic E-state index is -0.0233. The molecule has 0 aromatic heterocycles. The van der Waals surface area contributed by atoms with Crippen molar-refractivity contribution in [3.05, 3.63) is 35.4 Å². The highest BCUT2D eigenvalue weighted by Crippen LogP contribution is 2.28. The lowest BCUT2D eigenvalue weighted by molar-refractivity contribution is -0.695. The molecule has 2 amide bonds. The Morgan fingerprint density at radius 1 is 0.966 bits per heavy atom. The zero-order chi connectivity index (χ0) is 20.1. The van der Waals surface area contributed by atoms with E-state index in [-0.39, 0.29) is 29.9 Å². The van der Waals surface area contributed by atoms with Crippen LogP contribution < -0.4 is 16.0 Å². The number of carbonyl (C=O) groups is 2. The van der Waals surface area contributed by atoms with Gasteiger partial charge in [0, 0.05) is 37.6 Å². The smallest absolute Gasteiger partial charge is 0.278 e. The third-order valence-corrected chi connectivity index (χ3v) is 6.83. The van der Waals surface area contributed by atoms with E-state index in [0.717, 1.165) is 64.6 Å². The van der Waals surface area contributed by atoms with Crippen LogP contribution in [0.3, 0.4) is 0 Å². The quantitative estimate of drug-likeness (QED) is 0.663. The van der Waals surface area contributed by atoms with Crippen molar-refractivity contribution < 1.29 is 19.6 Å². The van der Waals surface area contributed by atoms with Crippen LogP contribution >= 0.6 is 0 Å². The second-order valence-electron chi connectivity index (χ2n) is 8.86. The van der Waals surface area contributed by atoms with Gasteiger partial charge in [-0.2, -0.15) is 0 Å². The fourth-order valence-corrected chi connectivity index (χ4v) is 4.91. The Labute approximate surface area is 173 Å². The summed E-state index contributed by atoms with van der Waals surface area (Å²) in [5.41, 5.74) is 2.64. The molecule has 0 unspecified atom stereocenters. The number of nitrogens with one attached hydrogen (secondary N) is 2. The maximum Gasteiger partial charge on any atom is 0.278 e. The molecule has 1 aromatic carbocycles. The maximum absolute atomic E-state index is 12.6. The molecule has 2 heterocycles. The van der Waals surface area contributed by atoms with Crippen molar-refractivity contribution in [2.75, 3.05) is 19.7 Å². The van der Waals surface area contributed by atoms with E-state index in [1.54, 1.807) is 0 Å². The topological polar surface area (TPSA) is 84.0 Å². The Hall–Kier alpha value is -1.92. The predicted molar refractivity (Wildman–Crippen MR) is 110 cm³/mol. The first-order valence-electron chi connectivity index (χ1n) is 11.3. The highest BCUT2D eigenvalue weighted by atomic mass is 16.5. The van der Waals surface area contributed by atoms with Crippen LogP contribution in [0.15, 0.2) is 24.3 Å². The Balaban J connectivity index is 1.14. The van der Waals surface area contributed by atoms with Crippen LogP contribution in [0.2, 0.25) is 0 Å². The second kappa shape index (κ2) is 9.72. The molecule has 0 bridgehead atoms. The molecule has 158 valence electrons. The molecule has 29 heavy (non-hydrogen) atoms. The number of hydrogen-bond acceptors (Lipinski definition) is 3. The summed E-state index contributed by atoms with van der Waals surface area (Å²) >= 11 is 0. The first-order chi connectivity index (χ1) is 14.2. The predicted octanol–water partition coefficient (Wildman–Crippen LogP) is 0.893. The summed E-state index contributed by atoms with van der Waals surface area (Å²) in [6, 6.07) is 8.37. The standard InChI is InChI=1S/C23H33N3O3/c27-22(26-15-20-6-3-11-29-20)17-9-7-16(8-10-17)13-25-23(28)21-12-18-4-1-2-5-19(18)14-24-21/h1-2,4-5,16-17,20-21,24H,3,6-15H2,(H,25,28)(H,26,27)/p+1/t16?,17?,20-,21+/m1/s1. The number of ether oxygens (including phenoxy) is 1. The third kappa shape index (κ3) is 5.37. The van der Waals surface area contributed by atoms with Crippen LogP contribution in [0, 0.1) is 11.8 Å². The van der Waals surface area contributed by atoms with Crippen molar-refractivity contribution in [2.45, 2.75) is 63.6 Å². The third-order valence-electron chi connectivity index (χ3n) is 6.83. The van der Waals surface area contributed by atoms with Crippen LogP contribution in [0.25, 0.3) is 0 Å². The Morgan fingerprint density at radius 2 is 1.72 bits per heavy atom. The van der Waals surface area contributed by atoms with Gasteiger partial charge in [-0.05, 0) is 50.0 Å². The molecule has 2 aliphatic heterocycles. The number of benzene rings is 1. The van der Waals surface area contributed by atoms with Crippen molar-refractivity contribution in [2.24, 2.45) is 11.8 Å². The molecule has 1 saturated carbocycles. The molecule has 1 aromatic rings. The maximum atomic E-state index is 12.6. The summed E-state index contributed by atoms with van der Waals surface area (Å²) in [6.07, 6.45) is 7.01. The zero-order valence-electron chi connectivity index (χ0n) is 17.2. The van der Waals surface area contributed by atoms with Crippen molar-refractivity contribution in [1.29, 1.82) is 0 Å². The molecule has 2 atom stereocenters. The molecular weight excluding hydrogens is 366 g/mol. The molecule has 6 heteroatoms. The van der Waals surface area contributed by atoms with Crippen LogP contribution in [0.1, 0.15) is 49.7 Å². The van der Waals surface area contributed by atoms with E-state index in [1.807, 2.05) is 0 Å². The molecule has 0 radical (unpaired) electrons. The summed E-state index contributed by atoms with van der Waals surface area (Å²) in [7, 11) is 0. The van der Waals surface area contributed by atoms with Gasteiger partial charge in [-0.3, -0.25) is 9.59 Å². The normalized spacial score (nSPS) is 29.1. The summed E-state index contributed by atoms with van der Waals surface area (Å²) in [6.45, 7) is 3.08. The summed E-state index contributed by atoms with van der Waals surface area (Å²) < 4.78 is 5.57. The summed E-state index contributed by atoms with van der Waals surface area (Å²) in [5.74, 6) is 0.929. The van der Waals surface area contributed by atoms with Gasteiger partial charge < -0.3 is 20.7 Å². The van der Waals surface area contributed by atoms with E-state index in [9.17, 15) is 9.59 Å². The minimum Gasteiger partial charge on any atom is -0.376 e. The number of rotatable bonds is 6. The van der Waals surface area contributed by atoms with Crippen LogP contribution in [-0.4, -0.2) is 43.7 Å². The molecule has 4 N–H and O–H groups in total. The number of carbonyl (C=O) groups excluding carboxylic acids is 2. The fraction of sp³-hybridized carbons (Fsp3) is 0.652. The highest BCUT2D eigenvalue weighted by Gasteiger charge is 2.30. The molecule has 4 rings (SSSR count). The number of fused-ring (bicyclic) bond motifs is 1. The first kappa shape index (κ1) is 20.4. The molecule has 1 saturated heterocycles. The Bertz CT molecular complexity index is 709. The van der Waals surface area contributed by atoms with E-state index >= 15 is 0 Å².